The van der Waals surface area contributed by atoms with Crippen LogP contribution in [0.4, 0.5) is 0 Å². The predicted molar refractivity (Wildman–Crippen MR) is 141 cm³/mol. The van der Waals surface area contributed by atoms with Crippen LogP contribution < -0.4 is 0 Å². The van der Waals surface area contributed by atoms with E-state index in [2.05, 4.69) is 22.1 Å². The molecule has 7 aromatic rings. The van der Waals surface area contributed by atoms with E-state index in [1.165, 1.54) is 0 Å². The molecule has 4 nitrogen and oxygen atoms in total. The molecule has 164 valence electrons. The second-order valence-corrected chi connectivity index (χ2v) is 8.18. The van der Waals surface area contributed by atoms with Gasteiger partial charge < -0.3 is 4.42 Å². The summed E-state index contributed by atoms with van der Waals surface area (Å²) in [6.07, 6.45) is 0. The zero-order valence-electron chi connectivity index (χ0n) is 23.3. The van der Waals surface area contributed by atoms with Crippen LogP contribution in [0.1, 0.15) is 6.85 Å². The number of fused-ring (bicyclic) bond motifs is 4. The van der Waals surface area contributed by atoms with Crippen molar-refractivity contribution in [1.82, 2.24) is 15.0 Å². The number of nitrogens with zero attached hydrogens (tertiary/aromatic N) is 3. The van der Waals surface area contributed by atoms with Crippen LogP contribution in [-0.4, -0.2) is 15.0 Å². The zero-order chi connectivity index (χ0) is 27.5. The van der Waals surface area contributed by atoms with E-state index < -0.39 is 18.1 Å². The molecule has 0 saturated carbocycles. The lowest BCUT2D eigenvalue weighted by Crippen LogP contribution is -2.00. The zero-order valence-corrected chi connectivity index (χ0v) is 18.3. The van der Waals surface area contributed by atoms with Crippen LogP contribution in [0.15, 0.2) is 120 Å². The van der Waals surface area contributed by atoms with Crippen molar-refractivity contribution < 1.29 is 11.3 Å². The van der Waals surface area contributed by atoms with Crippen molar-refractivity contribution in [2.45, 2.75) is 0 Å². The molecule has 0 saturated heterocycles. The Balaban J connectivity index is 1.48. The van der Waals surface area contributed by atoms with Crippen molar-refractivity contribution in [2.75, 3.05) is 0 Å². The smallest absolute Gasteiger partial charge is 0.164 e. The Bertz CT molecular complexity index is 2100. The second-order valence-electron chi connectivity index (χ2n) is 8.18. The fraction of sp³-hybridized carbons (Fsp3) is 0. The van der Waals surface area contributed by atoms with Crippen LogP contribution in [0.3, 0.4) is 0 Å². The van der Waals surface area contributed by atoms with Gasteiger partial charge in [-0.05, 0) is 41.1 Å². The molecule has 35 heavy (non-hydrogen) atoms. The summed E-state index contributed by atoms with van der Waals surface area (Å²) in [5.74, 6) is 0.646. The molecule has 4 heteroatoms. The molecule has 0 fully saturated rings. The average Bonchev–Trinajstić information content (AvgIpc) is 3.35. The maximum absolute atomic E-state index is 8.48. The molecule has 2 aromatic heterocycles. The van der Waals surface area contributed by atoms with Crippen LogP contribution in [0.2, 0.25) is 0 Å². The normalized spacial score (nSPS) is 13.4. The lowest BCUT2D eigenvalue weighted by Gasteiger charge is -2.08. The number of hydrogen-bond acceptors (Lipinski definition) is 4. The first-order valence-electron chi connectivity index (χ1n) is 13.6. The number of rotatable bonds is 3. The van der Waals surface area contributed by atoms with E-state index in [0.29, 0.717) is 22.8 Å². The summed E-state index contributed by atoms with van der Waals surface area (Å²) in [5.41, 5.74) is 2.80. The van der Waals surface area contributed by atoms with Gasteiger partial charge in [0.15, 0.2) is 17.5 Å². The second kappa shape index (κ2) is 7.89. The minimum atomic E-state index is -0.471. The van der Waals surface area contributed by atoms with Crippen LogP contribution in [-0.2, 0) is 0 Å². The highest BCUT2D eigenvalue weighted by molar-refractivity contribution is 6.10. The van der Waals surface area contributed by atoms with Gasteiger partial charge in [-0.25, -0.2) is 15.0 Å². The Labute approximate surface area is 208 Å². The maximum atomic E-state index is 8.48. The van der Waals surface area contributed by atoms with Gasteiger partial charge in [-0.15, -0.1) is 0 Å². The molecule has 0 aliphatic rings. The lowest BCUT2D eigenvalue weighted by molar-refractivity contribution is 0.669. The Kier molecular flexibility index (Phi) is 3.41. The van der Waals surface area contributed by atoms with E-state index in [9.17, 15) is 0 Å². The molecular weight excluding hydrogens is 430 g/mol. The highest BCUT2D eigenvalue weighted by Gasteiger charge is 2.14. The number of hydrogen-bond donors (Lipinski definition) is 0. The highest BCUT2D eigenvalue weighted by atomic mass is 16.3. The van der Waals surface area contributed by atoms with Gasteiger partial charge in [0.1, 0.15) is 11.2 Å². The van der Waals surface area contributed by atoms with Gasteiger partial charge in [0.25, 0.3) is 0 Å². The Hall–Kier alpha value is -4.83. The summed E-state index contributed by atoms with van der Waals surface area (Å²) in [7, 11) is 0. The third-order valence-electron chi connectivity index (χ3n) is 5.99. The molecule has 7 rings (SSSR count). The van der Waals surface area contributed by atoms with Crippen molar-refractivity contribution in [1.29, 1.82) is 0 Å². The predicted octanol–water partition coefficient (Wildman–Crippen LogP) is 7.93. The summed E-state index contributed by atoms with van der Waals surface area (Å²) in [4.78, 5) is 13.9. The molecule has 0 spiro atoms. The minimum Gasteiger partial charge on any atom is -0.456 e. The fourth-order valence-electron chi connectivity index (χ4n) is 4.30. The van der Waals surface area contributed by atoms with Crippen molar-refractivity contribution in [3.63, 3.8) is 0 Å². The number of aromatic nitrogens is 3. The lowest BCUT2D eigenvalue weighted by atomic mass is 10.0. The van der Waals surface area contributed by atoms with Crippen LogP contribution in [0.5, 0.6) is 0 Å². The van der Waals surface area contributed by atoms with Gasteiger partial charge in [0.2, 0.25) is 0 Å². The molecule has 0 aliphatic heterocycles. The maximum Gasteiger partial charge on any atom is 0.164 e. The van der Waals surface area contributed by atoms with E-state index in [-0.39, 0.29) is 23.5 Å². The van der Waals surface area contributed by atoms with Gasteiger partial charge in [-0.3, -0.25) is 0 Å². The highest BCUT2D eigenvalue weighted by Crippen LogP contribution is 2.35. The third kappa shape index (κ3) is 3.44. The largest absolute Gasteiger partial charge is 0.456 e. The van der Waals surface area contributed by atoms with Crippen molar-refractivity contribution >= 4 is 32.7 Å². The van der Waals surface area contributed by atoms with E-state index >= 15 is 0 Å². The van der Waals surface area contributed by atoms with E-state index in [4.69, 9.17) is 16.3 Å². The van der Waals surface area contributed by atoms with Gasteiger partial charge in [0, 0.05) is 27.5 Å². The SMILES string of the molecule is [2H]c1c([2H])c([2H])c(-c2nc(-c3ccccc3)nc(-c3ccc4oc5cc6ccccc6cc5c4c3)n2)c([2H])c1[2H]. The van der Waals surface area contributed by atoms with E-state index in [0.717, 1.165) is 32.7 Å². The van der Waals surface area contributed by atoms with E-state index in [1.807, 2.05) is 72.8 Å². The summed E-state index contributed by atoms with van der Waals surface area (Å²) in [5, 5.41) is 4.03. The molecule has 0 unspecified atom stereocenters. The molecule has 0 atom stereocenters. The molecule has 5 aromatic carbocycles. The van der Waals surface area contributed by atoms with Gasteiger partial charge in [-0.2, -0.15) is 0 Å². The Morgan fingerprint density at radius 3 is 1.91 bits per heavy atom. The van der Waals surface area contributed by atoms with Gasteiger partial charge >= 0.3 is 0 Å². The molecule has 0 bridgehead atoms. The molecule has 0 radical (unpaired) electrons. The number of benzene rings is 5. The summed E-state index contributed by atoms with van der Waals surface area (Å²) in [6, 6.07) is 25.1. The number of furan rings is 1. The first-order valence-corrected chi connectivity index (χ1v) is 11.1. The monoisotopic (exact) mass is 454 g/mol. The molecule has 2 heterocycles. The average molecular weight is 455 g/mol. The first-order chi connectivity index (χ1) is 19.4. The summed E-state index contributed by atoms with van der Waals surface area (Å²) in [6.45, 7) is 0. The van der Waals surface area contributed by atoms with Crippen LogP contribution in [0.25, 0.3) is 66.9 Å². The quantitative estimate of drug-likeness (QED) is 0.272. The Morgan fingerprint density at radius 2 is 1.14 bits per heavy atom. The standard InChI is InChI=1S/C31H19N3O/c1-3-9-20(10-4-1)29-32-30(21-11-5-2-6-12-21)34-31(33-29)24-15-16-27-25(18-24)26-17-22-13-7-8-14-23(22)19-28(26)35-27/h1-19H/i1D,3D,4D,9D,10D. The van der Waals surface area contributed by atoms with E-state index in [1.54, 1.807) is 0 Å². The minimum absolute atomic E-state index is 0.00370. The topological polar surface area (TPSA) is 51.8 Å². The summed E-state index contributed by atoms with van der Waals surface area (Å²) < 4.78 is 47.4. The molecule has 0 N–H and O–H groups in total. The van der Waals surface area contributed by atoms with Gasteiger partial charge in [0.05, 0.1) is 6.85 Å². The van der Waals surface area contributed by atoms with Crippen molar-refractivity contribution in [2.24, 2.45) is 0 Å². The van der Waals surface area contributed by atoms with Crippen molar-refractivity contribution in [3.05, 3.63) is 115 Å². The van der Waals surface area contributed by atoms with Crippen LogP contribution >= 0.6 is 0 Å². The molecular formula is C31H19N3O. The van der Waals surface area contributed by atoms with Gasteiger partial charge in [-0.1, -0.05) is 84.8 Å². The first kappa shape index (κ1) is 15.1. The molecule has 0 aliphatic carbocycles. The Morgan fingerprint density at radius 1 is 0.514 bits per heavy atom. The summed E-state index contributed by atoms with van der Waals surface area (Å²) >= 11 is 0. The van der Waals surface area contributed by atoms with Crippen LogP contribution in [0, 0.1) is 0 Å². The molecule has 0 amide bonds. The fourth-order valence-corrected chi connectivity index (χ4v) is 4.30. The third-order valence-corrected chi connectivity index (χ3v) is 5.99. The van der Waals surface area contributed by atoms with Crippen molar-refractivity contribution in [3.8, 4) is 34.2 Å².